The lowest BCUT2D eigenvalue weighted by Gasteiger charge is -2.20. The van der Waals surface area contributed by atoms with Crippen molar-refractivity contribution in [2.45, 2.75) is 12.8 Å². The smallest absolute Gasteiger partial charge is 0.338 e. The van der Waals surface area contributed by atoms with E-state index in [0.717, 1.165) is 5.69 Å². The molecule has 0 atom stereocenters. The Labute approximate surface area is 141 Å². The minimum atomic E-state index is -0.589. The number of nitrogens with zero attached hydrogens (tertiary/aromatic N) is 4. The van der Waals surface area contributed by atoms with Gasteiger partial charge >= 0.3 is 5.97 Å². The number of benzene rings is 1. The summed E-state index contributed by atoms with van der Waals surface area (Å²) >= 11 is 0. The summed E-state index contributed by atoms with van der Waals surface area (Å²) in [5.74, 6) is -1.01. The van der Waals surface area contributed by atoms with E-state index in [2.05, 4.69) is 0 Å². The van der Waals surface area contributed by atoms with Gasteiger partial charge in [0.15, 0.2) is 6.61 Å². The third-order valence-electron chi connectivity index (χ3n) is 3.29. The molecule has 0 radical (unpaired) electrons. The highest BCUT2D eigenvalue weighted by molar-refractivity contribution is 5.91. The summed E-state index contributed by atoms with van der Waals surface area (Å²) in [5.41, 5.74) is 1.30. The maximum absolute atomic E-state index is 12.1. The summed E-state index contributed by atoms with van der Waals surface area (Å²) in [5, 5.41) is 17.2. The van der Waals surface area contributed by atoms with Gasteiger partial charge in [-0.25, -0.2) is 4.79 Å². The first-order valence-corrected chi connectivity index (χ1v) is 7.45. The number of anilines is 1. The van der Waals surface area contributed by atoms with Gasteiger partial charge in [-0.05, 0) is 24.3 Å². The van der Waals surface area contributed by atoms with Crippen LogP contribution in [0.4, 0.5) is 5.69 Å². The summed E-state index contributed by atoms with van der Waals surface area (Å²) < 4.78 is 5.02. The first-order valence-electron chi connectivity index (χ1n) is 7.45. The lowest BCUT2D eigenvalue weighted by molar-refractivity contribution is -0.134. The number of hydrogen-bond donors (Lipinski definition) is 0. The van der Waals surface area contributed by atoms with Gasteiger partial charge in [0.05, 0.1) is 30.5 Å². The second-order valence-corrected chi connectivity index (χ2v) is 5.21. The van der Waals surface area contributed by atoms with Gasteiger partial charge in [-0.15, -0.1) is 0 Å². The van der Waals surface area contributed by atoms with Gasteiger partial charge in [0.2, 0.25) is 0 Å². The van der Waals surface area contributed by atoms with Crippen LogP contribution in [0.15, 0.2) is 24.3 Å². The van der Waals surface area contributed by atoms with E-state index in [1.165, 1.54) is 4.90 Å². The number of nitriles is 2. The zero-order valence-corrected chi connectivity index (χ0v) is 13.9. The van der Waals surface area contributed by atoms with E-state index in [-0.39, 0.29) is 25.9 Å². The molecule has 0 saturated heterocycles. The van der Waals surface area contributed by atoms with Crippen LogP contribution in [0.25, 0.3) is 0 Å². The van der Waals surface area contributed by atoms with E-state index in [4.69, 9.17) is 15.3 Å². The molecule has 0 unspecified atom stereocenters. The van der Waals surface area contributed by atoms with Gasteiger partial charge in [0.25, 0.3) is 5.91 Å². The van der Waals surface area contributed by atoms with Crippen LogP contribution in [0.3, 0.4) is 0 Å². The summed E-state index contributed by atoms with van der Waals surface area (Å²) in [6.45, 7) is 0.0172. The third kappa shape index (κ3) is 5.98. The fraction of sp³-hybridized carbons (Fsp3) is 0.412. The Morgan fingerprint density at radius 3 is 2.04 bits per heavy atom. The van der Waals surface area contributed by atoms with Crippen molar-refractivity contribution in [3.05, 3.63) is 29.8 Å². The third-order valence-corrected chi connectivity index (χ3v) is 3.29. The molecule has 7 nitrogen and oxygen atoms in total. The average Bonchev–Trinajstić information content (AvgIpc) is 2.59. The van der Waals surface area contributed by atoms with Crippen LogP contribution >= 0.6 is 0 Å². The number of ether oxygens (including phenoxy) is 1. The first kappa shape index (κ1) is 19.0. The Balaban J connectivity index is 2.58. The van der Waals surface area contributed by atoms with E-state index >= 15 is 0 Å². The Bertz CT molecular complexity index is 623. The maximum atomic E-state index is 12.1. The molecule has 0 spiro atoms. The van der Waals surface area contributed by atoms with Crippen LogP contribution in [0.2, 0.25) is 0 Å². The molecule has 0 N–H and O–H groups in total. The average molecular weight is 328 g/mol. The van der Waals surface area contributed by atoms with Crippen molar-refractivity contribution >= 4 is 17.6 Å². The van der Waals surface area contributed by atoms with Crippen LogP contribution in [-0.4, -0.2) is 50.6 Å². The number of esters is 1. The summed E-state index contributed by atoms with van der Waals surface area (Å²) in [6, 6.07) is 10.7. The zero-order chi connectivity index (χ0) is 17.9. The van der Waals surface area contributed by atoms with Crippen molar-refractivity contribution in [1.29, 1.82) is 10.5 Å². The lowest BCUT2D eigenvalue weighted by Crippen LogP contribution is -2.36. The molecule has 0 aliphatic rings. The topological polar surface area (TPSA) is 97.4 Å². The predicted octanol–water partition coefficient (Wildman–Crippen LogP) is 1.57. The van der Waals surface area contributed by atoms with Gasteiger partial charge in [-0.3, -0.25) is 4.79 Å². The highest BCUT2D eigenvalue weighted by atomic mass is 16.5. The SMILES string of the molecule is CN(C)c1ccc(C(=O)OCC(=O)N(CCC#N)CCC#N)cc1. The molecule has 126 valence electrons. The molecule has 7 heteroatoms. The van der Waals surface area contributed by atoms with Gasteiger partial charge in [0, 0.05) is 32.9 Å². The van der Waals surface area contributed by atoms with Gasteiger partial charge in [-0.2, -0.15) is 10.5 Å². The Kier molecular flexibility index (Phi) is 7.80. The van der Waals surface area contributed by atoms with Crippen LogP contribution in [0, 0.1) is 22.7 Å². The quantitative estimate of drug-likeness (QED) is 0.672. The molecular weight excluding hydrogens is 308 g/mol. The standard InChI is InChI=1S/C17H20N4O3/c1-20(2)15-7-5-14(6-8-15)17(23)24-13-16(22)21(11-3-9-18)12-4-10-19/h5-8H,3-4,11-13H2,1-2H3. The number of hydrogen-bond acceptors (Lipinski definition) is 6. The maximum Gasteiger partial charge on any atom is 0.338 e. The first-order chi connectivity index (χ1) is 11.5. The number of carbonyl (C=O) groups is 2. The van der Waals surface area contributed by atoms with E-state index in [1.54, 1.807) is 24.3 Å². The van der Waals surface area contributed by atoms with Crippen LogP contribution in [-0.2, 0) is 9.53 Å². The van der Waals surface area contributed by atoms with Crippen LogP contribution in [0.1, 0.15) is 23.2 Å². The molecule has 1 rings (SSSR count). The Hall–Kier alpha value is -3.06. The van der Waals surface area contributed by atoms with E-state index in [1.807, 2.05) is 31.1 Å². The van der Waals surface area contributed by atoms with Crippen molar-refractivity contribution in [3.8, 4) is 12.1 Å². The van der Waals surface area contributed by atoms with Gasteiger partial charge < -0.3 is 14.5 Å². The molecule has 0 aliphatic carbocycles. The highest BCUT2D eigenvalue weighted by Gasteiger charge is 2.16. The summed E-state index contributed by atoms with van der Waals surface area (Å²) in [7, 11) is 3.78. The van der Waals surface area contributed by atoms with Crippen molar-refractivity contribution in [2.24, 2.45) is 0 Å². The summed E-state index contributed by atoms with van der Waals surface area (Å²) in [6.07, 6.45) is 0.328. The fourth-order valence-corrected chi connectivity index (χ4v) is 1.93. The molecule has 0 aliphatic heterocycles. The van der Waals surface area contributed by atoms with Crippen molar-refractivity contribution < 1.29 is 14.3 Å². The lowest BCUT2D eigenvalue weighted by atomic mass is 10.2. The second kappa shape index (κ2) is 9.86. The zero-order valence-electron chi connectivity index (χ0n) is 13.9. The molecule has 0 bridgehead atoms. The largest absolute Gasteiger partial charge is 0.452 e. The van der Waals surface area contributed by atoms with Crippen molar-refractivity contribution in [2.75, 3.05) is 38.7 Å². The number of rotatable bonds is 8. The van der Waals surface area contributed by atoms with E-state index in [0.29, 0.717) is 5.56 Å². The Morgan fingerprint density at radius 2 is 1.58 bits per heavy atom. The normalized spacial score (nSPS) is 9.50. The summed E-state index contributed by atoms with van der Waals surface area (Å²) in [4.78, 5) is 27.3. The highest BCUT2D eigenvalue weighted by Crippen LogP contribution is 2.13. The van der Waals surface area contributed by atoms with Crippen LogP contribution in [0.5, 0.6) is 0 Å². The molecule has 0 saturated carbocycles. The fourth-order valence-electron chi connectivity index (χ4n) is 1.93. The molecule has 0 heterocycles. The molecule has 1 aromatic rings. The molecule has 24 heavy (non-hydrogen) atoms. The number of amides is 1. The van der Waals surface area contributed by atoms with E-state index in [9.17, 15) is 9.59 Å². The predicted molar refractivity (Wildman–Crippen MR) is 88.1 cm³/mol. The second-order valence-electron chi connectivity index (χ2n) is 5.21. The minimum Gasteiger partial charge on any atom is -0.452 e. The Morgan fingerprint density at radius 1 is 1.04 bits per heavy atom. The van der Waals surface area contributed by atoms with Crippen LogP contribution < -0.4 is 4.90 Å². The molecule has 1 amide bonds. The molecule has 1 aromatic carbocycles. The minimum absolute atomic E-state index is 0.164. The van der Waals surface area contributed by atoms with Gasteiger partial charge in [0.1, 0.15) is 0 Å². The monoisotopic (exact) mass is 328 g/mol. The van der Waals surface area contributed by atoms with E-state index < -0.39 is 18.5 Å². The molecule has 0 aromatic heterocycles. The van der Waals surface area contributed by atoms with Gasteiger partial charge in [-0.1, -0.05) is 0 Å². The van der Waals surface area contributed by atoms with Crippen molar-refractivity contribution in [1.82, 2.24) is 4.90 Å². The van der Waals surface area contributed by atoms with Crippen molar-refractivity contribution in [3.63, 3.8) is 0 Å². The number of carbonyl (C=O) groups excluding carboxylic acids is 2. The molecular formula is C17H20N4O3. The molecule has 0 fully saturated rings.